The van der Waals surface area contributed by atoms with Crippen molar-refractivity contribution in [2.24, 2.45) is 0 Å². The lowest BCUT2D eigenvalue weighted by Gasteiger charge is -2.21. The summed E-state index contributed by atoms with van der Waals surface area (Å²) in [6.45, 7) is 4.79. The summed E-state index contributed by atoms with van der Waals surface area (Å²) in [6.07, 6.45) is 0. The maximum Gasteiger partial charge on any atom is 0.325 e. The summed E-state index contributed by atoms with van der Waals surface area (Å²) >= 11 is 0. The highest BCUT2D eigenvalue weighted by molar-refractivity contribution is 5.85. The molecule has 0 saturated carbocycles. The minimum atomic E-state index is -0.440. The lowest BCUT2D eigenvalue weighted by molar-refractivity contribution is -0.141. The molecular formula is C14H22ClN3O3. The molecular weight excluding hydrogens is 294 g/mol. The number of rotatable bonds is 6. The van der Waals surface area contributed by atoms with Gasteiger partial charge < -0.3 is 20.7 Å². The number of nitrogens with two attached hydrogens (primary N) is 1. The van der Waals surface area contributed by atoms with Crippen molar-refractivity contribution >= 4 is 30.1 Å². The highest BCUT2D eigenvalue weighted by Gasteiger charge is 2.13. The molecule has 6 nitrogen and oxygen atoms in total. The van der Waals surface area contributed by atoms with Crippen LogP contribution >= 0.6 is 12.4 Å². The largest absolute Gasteiger partial charge is 0.465 e. The third kappa shape index (κ3) is 6.85. The Kier molecular flexibility index (Phi) is 8.96. The van der Waals surface area contributed by atoms with E-state index in [1.807, 2.05) is 19.1 Å². The Morgan fingerprint density at radius 3 is 2.38 bits per heavy atom. The van der Waals surface area contributed by atoms with E-state index in [1.54, 1.807) is 24.0 Å². The Bertz CT molecular complexity index is 451. The van der Waals surface area contributed by atoms with Crippen LogP contribution in [0.1, 0.15) is 19.4 Å². The first-order valence-electron chi connectivity index (χ1n) is 6.59. The van der Waals surface area contributed by atoms with Crippen LogP contribution in [0, 0.1) is 0 Å². The molecule has 3 N–H and O–H groups in total. The summed E-state index contributed by atoms with van der Waals surface area (Å²) < 4.78 is 4.75. The summed E-state index contributed by atoms with van der Waals surface area (Å²) in [7, 11) is 0. The predicted molar refractivity (Wildman–Crippen MR) is 84.2 cm³/mol. The van der Waals surface area contributed by atoms with Crippen LogP contribution in [0.15, 0.2) is 24.3 Å². The number of nitrogen functional groups attached to an aromatic ring is 1. The van der Waals surface area contributed by atoms with Crippen LogP contribution in [0.3, 0.4) is 0 Å². The van der Waals surface area contributed by atoms with Crippen molar-refractivity contribution in [3.05, 3.63) is 29.8 Å². The molecule has 21 heavy (non-hydrogen) atoms. The van der Waals surface area contributed by atoms with Crippen LogP contribution in [0.4, 0.5) is 10.5 Å². The van der Waals surface area contributed by atoms with Gasteiger partial charge in [-0.1, -0.05) is 12.1 Å². The van der Waals surface area contributed by atoms with Crippen molar-refractivity contribution in [3.8, 4) is 0 Å². The van der Waals surface area contributed by atoms with Gasteiger partial charge in [0.25, 0.3) is 0 Å². The number of nitrogens with one attached hydrogen (secondary N) is 1. The molecule has 0 aliphatic carbocycles. The fourth-order valence-electron chi connectivity index (χ4n) is 1.64. The molecule has 0 fully saturated rings. The van der Waals surface area contributed by atoms with Crippen molar-refractivity contribution in [3.63, 3.8) is 0 Å². The SMILES string of the molecule is CCOC(=O)CNC(=O)N(CC)Cc1ccc(N)cc1.Cl. The molecule has 0 aliphatic heterocycles. The second-order valence-corrected chi connectivity index (χ2v) is 4.22. The Morgan fingerprint density at radius 1 is 1.24 bits per heavy atom. The van der Waals surface area contributed by atoms with Gasteiger partial charge in [-0.25, -0.2) is 4.79 Å². The molecule has 1 aromatic rings. The van der Waals surface area contributed by atoms with Gasteiger partial charge in [0.05, 0.1) is 6.61 Å². The van der Waals surface area contributed by atoms with Crippen LogP contribution in [0.2, 0.25) is 0 Å². The third-order valence-electron chi connectivity index (χ3n) is 2.71. The van der Waals surface area contributed by atoms with E-state index >= 15 is 0 Å². The maximum atomic E-state index is 11.9. The number of esters is 1. The summed E-state index contributed by atoms with van der Waals surface area (Å²) in [6, 6.07) is 7.03. The highest BCUT2D eigenvalue weighted by Crippen LogP contribution is 2.08. The molecule has 0 bridgehead atoms. The minimum absolute atomic E-state index is 0. The van der Waals surface area contributed by atoms with E-state index in [-0.39, 0.29) is 25.0 Å². The number of carbonyl (C=O) groups is 2. The second-order valence-electron chi connectivity index (χ2n) is 4.22. The average Bonchev–Trinajstić information content (AvgIpc) is 2.44. The van der Waals surface area contributed by atoms with Crippen LogP contribution in [-0.2, 0) is 16.1 Å². The van der Waals surface area contributed by atoms with Crippen LogP contribution in [-0.4, -0.2) is 36.6 Å². The van der Waals surface area contributed by atoms with E-state index in [0.717, 1.165) is 5.56 Å². The number of ether oxygens (including phenoxy) is 1. The van der Waals surface area contributed by atoms with E-state index < -0.39 is 5.97 Å². The molecule has 118 valence electrons. The van der Waals surface area contributed by atoms with E-state index in [4.69, 9.17) is 10.5 Å². The molecule has 7 heteroatoms. The number of anilines is 1. The van der Waals surface area contributed by atoms with Crippen molar-refractivity contribution in [2.45, 2.75) is 20.4 Å². The number of urea groups is 1. The lowest BCUT2D eigenvalue weighted by atomic mass is 10.2. The zero-order valence-electron chi connectivity index (χ0n) is 12.3. The maximum absolute atomic E-state index is 11.9. The van der Waals surface area contributed by atoms with E-state index in [9.17, 15) is 9.59 Å². The molecule has 0 saturated heterocycles. The average molecular weight is 316 g/mol. The zero-order chi connectivity index (χ0) is 15.0. The standard InChI is InChI=1S/C14H21N3O3.ClH/c1-3-17(10-11-5-7-12(15)8-6-11)14(19)16-9-13(18)20-4-2;/h5-8H,3-4,9-10,15H2,1-2H3,(H,16,19);1H. The van der Waals surface area contributed by atoms with Crippen LogP contribution < -0.4 is 11.1 Å². The van der Waals surface area contributed by atoms with Gasteiger partial charge in [0.2, 0.25) is 0 Å². The first-order valence-corrected chi connectivity index (χ1v) is 6.59. The quantitative estimate of drug-likeness (QED) is 0.619. The van der Waals surface area contributed by atoms with Crippen LogP contribution in [0.5, 0.6) is 0 Å². The topological polar surface area (TPSA) is 84.7 Å². The number of carbonyl (C=O) groups excluding carboxylic acids is 2. The Morgan fingerprint density at radius 2 is 1.86 bits per heavy atom. The van der Waals surface area contributed by atoms with Gasteiger partial charge in [-0.15, -0.1) is 12.4 Å². The van der Waals surface area contributed by atoms with Gasteiger partial charge in [-0.2, -0.15) is 0 Å². The number of nitrogens with zero attached hydrogens (tertiary/aromatic N) is 1. The number of hydrogen-bond acceptors (Lipinski definition) is 4. The zero-order valence-corrected chi connectivity index (χ0v) is 13.1. The third-order valence-corrected chi connectivity index (χ3v) is 2.71. The van der Waals surface area contributed by atoms with E-state index in [2.05, 4.69) is 5.32 Å². The molecule has 0 aromatic heterocycles. The highest BCUT2D eigenvalue weighted by atomic mass is 35.5. The number of benzene rings is 1. The van der Waals surface area contributed by atoms with Crippen LogP contribution in [0.25, 0.3) is 0 Å². The molecule has 2 amide bonds. The molecule has 0 heterocycles. The summed E-state index contributed by atoms with van der Waals surface area (Å²) in [5.41, 5.74) is 7.28. The van der Waals surface area contributed by atoms with E-state index in [0.29, 0.717) is 25.4 Å². The molecule has 0 spiro atoms. The minimum Gasteiger partial charge on any atom is -0.465 e. The van der Waals surface area contributed by atoms with Gasteiger partial charge in [-0.3, -0.25) is 4.79 Å². The van der Waals surface area contributed by atoms with Crippen molar-refractivity contribution in [1.29, 1.82) is 0 Å². The lowest BCUT2D eigenvalue weighted by Crippen LogP contribution is -2.41. The predicted octanol–water partition coefficient (Wildman–Crippen LogP) is 1.79. The van der Waals surface area contributed by atoms with Gasteiger partial charge in [0, 0.05) is 18.8 Å². The molecule has 1 rings (SSSR count). The van der Waals surface area contributed by atoms with Crippen molar-refractivity contribution < 1.29 is 14.3 Å². The summed E-state index contributed by atoms with van der Waals surface area (Å²) in [4.78, 5) is 24.7. The molecule has 1 aromatic carbocycles. The Hall–Kier alpha value is -1.95. The van der Waals surface area contributed by atoms with Gasteiger partial charge >= 0.3 is 12.0 Å². The Balaban J connectivity index is 0.00000400. The summed E-state index contributed by atoms with van der Waals surface area (Å²) in [5, 5.41) is 2.54. The number of hydrogen-bond donors (Lipinski definition) is 2. The first kappa shape index (κ1) is 19.1. The second kappa shape index (κ2) is 9.88. The number of amides is 2. The van der Waals surface area contributed by atoms with Crippen molar-refractivity contribution in [2.75, 3.05) is 25.4 Å². The van der Waals surface area contributed by atoms with Crippen molar-refractivity contribution in [1.82, 2.24) is 10.2 Å². The normalized spacial score (nSPS) is 9.43. The molecule has 0 unspecified atom stereocenters. The van der Waals surface area contributed by atoms with Gasteiger partial charge in [0.1, 0.15) is 6.54 Å². The molecule has 0 atom stereocenters. The molecule has 0 radical (unpaired) electrons. The van der Waals surface area contributed by atoms with Gasteiger partial charge in [-0.05, 0) is 31.5 Å². The monoisotopic (exact) mass is 315 g/mol. The number of halogens is 1. The summed E-state index contributed by atoms with van der Waals surface area (Å²) in [5.74, 6) is -0.440. The fraction of sp³-hybridized carbons (Fsp3) is 0.429. The smallest absolute Gasteiger partial charge is 0.325 e. The fourth-order valence-corrected chi connectivity index (χ4v) is 1.64. The van der Waals surface area contributed by atoms with E-state index in [1.165, 1.54) is 0 Å². The van der Waals surface area contributed by atoms with Gasteiger partial charge in [0.15, 0.2) is 0 Å². The molecule has 0 aliphatic rings. The first-order chi connectivity index (χ1) is 9.56. The Labute approximate surface area is 131 Å².